The molecule has 204 valence electrons. The summed E-state index contributed by atoms with van der Waals surface area (Å²) in [7, 11) is 0. The molecule has 2 aromatic rings. The van der Waals surface area contributed by atoms with Crippen LogP contribution in [0, 0.1) is 17.8 Å². The van der Waals surface area contributed by atoms with E-state index in [0.29, 0.717) is 30.7 Å². The number of halogens is 6. The molecule has 4 rings (SSSR count). The van der Waals surface area contributed by atoms with E-state index in [9.17, 15) is 31.1 Å². The van der Waals surface area contributed by atoms with Crippen molar-refractivity contribution >= 4 is 17.8 Å². The van der Waals surface area contributed by atoms with Crippen molar-refractivity contribution in [2.75, 3.05) is 13.1 Å². The number of piperidine rings is 1. The molecule has 2 aromatic heterocycles. The number of nitrogens with zero attached hydrogens (tertiary/aromatic N) is 2. The van der Waals surface area contributed by atoms with Crippen LogP contribution in [0.2, 0.25) is 0 Å². The van der Waals surface area contributed by atoms with Crippen molar-refractivity contribution in [1.29, 1.82) is 0 Å². The van der Waals surface area contributed by atoms with Crippen LogP contribution in [-0.4, -0.2) is 63.4 Å². The van der Waals surface area contributed by atoms with E-state index in [0.717, 1.165) is 25.4 Å². The van der Waals surface area contributed by atoms with Crippen LogP contribution < -0.4 is 5.32 Å². The topological polar surface area (TPSA) is 133 Å². The minimum absolute atomic E-state index is 0.139. The van der Waals surface area contributed by atoms with Gasteiger partial charge in [-0.1, -0.05) is 6.07 Å². The second-order valence-corrected chi connectivity index (χ2v) is 8.21. The van der Waals surface area contributed by atoms with Crippen LogP contribution in [0.3, 0.4) is 0 Å². The molecule has 3 heterocycles. The average Bonchev–Trinajstić information content (AvgIpc) is 3.19. The highest BCUT2D eigenvalue weighted by atomic mass is 19.4. The van der Waals surface area contributed by atoms with Gasteiger partial charge in [0.1, 0.15) is 5.76 Å². The molecular formula is C22H23F6N3O6. The molecule has 3 atom stereocenters. The first-order chi connectivity index (χ1) is 17.2. The van der Waals surface area contributed by atoms with Gasteiger partial charge in [0, 0.05) is 38.4 Å². The molecule has 1 aliphatic heterocycles. The molecule has 0 aromatic carbocycles. The normalized spacial score (nSPS) is 20.4. The molecule has 2 aliphatic rings. The number of rotatable bonds is 6. The highest BCUT2D eigenvalue weighted by Gasteiger charge is 2.55. The Kier molecular flexibility index (Phi) is 10.1. The molecule has 1 unspecified atom stereocenters. The maximum absolute atomic E-state index is 12.0. The van der Waals surface area contributed by atoms with E-state index < -0.39 is 24.3 Å². The number of pyridine rings is 1. The maximum Gasteiger partial charge on any atom is 0.490 e. The van der Waals surface area contributed by atoms with Crippen molar-refractivity contribution in [3.8, 4) is 0 Å². The van der Waals surface area contributed by atoms with Gasteiger partial charge < -0.3 is 19.9 Å². The minimum atomic E-state index is -5.08. The van der Waals surface area contributed by atoms with Gasteiger partial charge in [-0.25, -0.2) is 9.59 Å². The van der Waals surface area contributed by atoms with Gasteiger partial charge in [0.25, 0.3) is 0 Å². The molecular weight excluding hydrogens is 516 g/mol. The number of carboxylic acids is 2. The van der Waals surface area contributed by atoms with Gasteiger partial charge in [-0.15, -0.1) is 0 Å². The van der Waals surface area contributed by atoms with Crippen LogP contribution in [0.1, 0.15) is 17.7 Å². The van der Waals surface area contributed by atoms with E-state index in [2.05, 4.69) is 21.3 Å². The molecule has 15 heteroatoms. The van der Waals surface area contributed by atoms with Crippen molar-refractivity contribution < 1.29 is 55.4 Å². The molecule has 1 aliphatic carbocycles. The number of furan rings is 1. The van der Waals surface area contributed by atoms with Gasteiger partial charge in [-0.2, -0.15) is 26.3 Å². The summed E-state index contributed by atoms with van der Waals surface area (Å²) in [6.45, 7) is 3.67. The number of carboxylic acid groups (broad SMARTS) is 2. The van der Waals surface area contributed by atoms with E-state index >= 15 is 0 Å². The zero-order valence-electron chi connectivity index (χ0n) is 19.0. The van der Waals surface area contributed by atoms with E-state index in [4.69, 9.17) is 24.2 Å². The lowest BCUT2D eigenvalue weighted by atomic mass is 10.1. The first-order valence-corrected chi connectivity index (χ1v) is 10.7. The van der Waals surface area contributed by atoms with Crippen LogP contribution >= 0.6 is 0 Å². The fourth-order valence-corrected chi connectivity index (χ4v) is 3.80. The Labute approximate surface area is 206 Å². The number of hydrogen-bond acceptors (Lipinski definition) is 6. The summed E-state index contributed by atoms with van der Waals surface area (Å²) in [6.07, 6.45) is -4.15. The number of nitrogens with one attached hydrogen (secondary N) is 1. The van der Waals surface area contributed by atoms with Crippen LogP contribution in [0.4, 0.5) is 26.3 Å². The second-order valence-electron chi connectivity index (χ2n) is 8.21. The van der Waals surface area contributed by atoms with Crippen LogP contribution in [0.25, 0.3) is 0 Å². The molecule has 1 amide bonds. The summed E-state index contributed by atoms with van der Waals surface area (Å²) in [5.41, 5.74) is 1.27. The molecule has 0 radical (unpaired) electrons. The fraction of sp³-hybridized carbons (Fsp3) is 0.455. The van der Waals surface area contributed by atoms with Gasteiger partial charge in [0.15, 0.2) is 0 Å². The Morgan fingerprint density at radius 2 is 1.57 bits per heavy atom. The average molecular weight is 539 g/mol. The van der Waals surface area contributed by atoms with Crippen LogP contribution in [0.15, 0.2) is 47.3 Å². The maximum atomic E-state index is 12.0. The number of hydrogen-bond donors (Lipinski definition) is 3. The lowest BCUT2D eigenvalue weighted by Gasteiger charge is -2.19. The minimum Gasteiger partial charge on any atom is -0.475 e. The predicted molar refractivity (Wildman–Crippen MR) is 113 cm³/mol. The van der Waals surface area contributed by atoms with Crippen LogP contribution in [0.5, 0.6) is 0 Å². The third-order valence-electron chi connectivity index (χ3n) is 5.52. The zero-order valence-corrected chi connectivity index (χ0v) is 19.0. The molecule has 2 fully saturated rings. The monoisotopic (exact) mass is 539 g/mol. The fourth-order valence-electron chi connectivity index (χ4n) is 3.80. The van der Waals surface area contributed by atoms with E-state index in [1.807, 2.05) is 30.6 Å². The number of aliphatic carboxylic acids is 2. The van der Waals surface area contributed by atoms with Crippen molar-refractivity contribution in [2.45, 2.75) is 31.9 Å². The molecule has 9 nitrogen and oxygen atoms in total. The number of carbonyl (C=O) groups excluding carboxylic acids is 1. The summed E-state index contributed by atoms with van der Waals surface area (Å²) in [5.74, 6) is -2.62. The third-order valence-corrected chi connectivity index (χ3v) is 5.52. The van der Waals surface area contributed by atoms with Gasteiger partial charge in [0.05, 0.1) is 12.8 Å². The summed E-state index contributed by atoms with van der Waals surface area (Å²) in [4.78, 5) is 36.5. The summed E-state index contributed by atoms with van der Waals surface area (Å²) >= 11 is 0. The number of alkyl halides is 6. The quantitative estimate of drug-likeness (QED) is 0.477. The highest BCUT2D eigenvalue weighted by Crippen LogP contribution is 2.53. The Morgan fingerprint density at radius 3 is 2.00 bits per heavy atom. The standard InChI is InChI=1S/C18H21N3O2.2C2HF3O2/c22-18(20-9-14-4-2-6-23-14)7-15-16-11-21(12-17(15)16)10-13-3-1-5-19-8-13;2*3-2(4,5)1(6)7/h1-6,8,15-17H,7,9-12H2,(H,20,22);2*(H,6,7)/t15?,16-,17+;;. The summed E-state index contributed by atoms with van der Waals surface area (Å²) < 4.78 is 68.7. The SMILES string of the molecule is O=C(CC1[C@H]2CN(Cc3cccnc3)C[C@@H]12)NCc1ccco1.O=C(O)C(F)(F)F.O=C(O)C(F)(F)F. The Hall–Kier alpha value is -3.62. The summed E-state index contributed by atoms with van der Waals surface area (Å²) in [6, 6.07) is 7.82. The lowest BCUT2D eigenvalue weighted by Crippen LogP contribution is -2.27. The first-order valence-electron chi connectivity index (χ1n) is 10.7. The number of likely N-dealkylation sites (tertiary alicyclic amines) is 1. The molecule has 3 N–H and O–H groups in total. The molecule has 0 bridgehead atoms. The van der Waals surface area contributed by atoms with Gasteiger partial charge >= 0.3 is 24.3 Å². The number of fused-ring (bicyclic) bond motifs is 1. The van der Waals surface area contributed by atoms with Crippen molar-refractivity contribution in [3.63, 3.8) is 0 Å². The van der Waals surface area contributed by atoms with Gasteiger partial charge in [0.2, 0.25) is 5.91 Å². The smallest absolute Gasteiger partial charge is 0.475 e. The Bertz CT molecular complexity index is 994. The van der Waals surface area contributed by atoms with E-state index in [1.165, 1.54) is 5.56 Å². The zero-order chi connectivity index (χ0) is 27.8. The molecule has 1 saturated carbocycles. The Morgan fingerprint density at radius 1 is 1.00 bits per heavy atom. The lowest BCUT2D eigenvalue weighted by molar-refractivity contribution is -0.193. The molecule has 37 heavy (non-hydrogen) atoms. The third kappa shape index (κ3) is 10.1. The van der Waals surface area contributed by atoms with E-state index in [1.54, 1.807) is 6.26 Å². The first kappa shape index (κ1) is 29.6. The predicted octanol–water partition coefficient (Wildman–Crippen LogP) is 3.33. The number of carbonyl (C=O) groups is 3. The van der Waals surface area contributed by atoms with Crippen molar-refractivity contribution in [1.82, 2.24) is 15.2 Å². The van der Waals surface area contributed by atoms with Crippen molar-refractivity contribution in [3.05, 3.63) is 54.2 Å². The van der Waals surface area contributed by atoms with Gasteiger partial charge in [-0.3, -0.25) is 14.7 Å². The largest absolute Gasteiger partial charge is 0.490 e. The molecule has 0 spiro atoms. The van der Waals surface area contributed by atoms with Gasteiger partial charge in [-0.05, 0) is 41.5 Å². The second kappa shape index (κ2) is 12.6. The highest BCUT2D eigenvalue weighted by molar-refractivity contribution is 5.76. The van der Waals surface area contributed by atoms with Crippen molar-refractivity contribution in [2.24, 2.45) is 17.8 Å². The van der Waals surface area contributed by atoms with Crippen LogP contribution in [-0.2, 0) is 27.5 Å². The van der Waals surface area contributed by atoms with E-state index in [-0.39, 0.29) is 5.91 Å². The number of aromatic nitrogens is 1. The number of amides is 1. The molecule has 1 saturated heterocycles. The Balaban J connectivity index is 0.000000286. The summed E-state index contributed by atoms with van der Waals surface area (Å²) in [5, 5.41) is 17.2.